The van der Waals surface area contributed by atoms with E-state index in [0.29, 0.717) is 5.02 Å². The molecule has 0 spiro atoms. The van der Waals surface area contributed by atoms with Gasteiger partial charge in [0.2, 0.25) is 10.0 Å². The van der Waals surface area contributed by atoms with E-state index >= 15 is 0 Å². The summed E-state index contributed by atoms with van der Waals surface area (Å²) in [6, 6.07) is 4.10. The third kappa shape index (κ3) is 3.61. The molecule has 2 N–H and O–H groups in total. The molecule has 1 unspecified atom stereocenters. The van der Waals surface area contributed by atoms with Crippen molar-refractivity contribution in [1.29, 1.82) is 0 Å². The zero-order chi connectivity index (χ0) is 12.3. The molecule has 0 aliphatic heterocycles. The number of sulfonamides is 1. The van der Waals surface area contributed by atoms with Crippen molar-refractivity contribution in [3.63, 3.8) is 0 Å². The molecule has 1 atom stereocenters. The van der Waals surface area contributed by atoms with E-state index in [-0.39, 0.29) is 16.5 Å². The molecule has 0 heterocycles. The van der Waals surface area contributed by atoms with Gasteiger partial charge in [-0.2, -0.15) is 0 Å². The number of hydrogen-bond donors (Lipinski definition) is 2. The predicted octanol–water partition coefficient (Wildman–Crippen LogP) is 1.65. The Morgan fingerprint density at radius 2 is 2.06 bits per heavy atom. The van der Waals surface area contributed by atoms with Crippen LogP contribution in [0.1, 0.15) is 6.92 Å². The van der Waals surface area contributed by atoms with Gasteiger partial charge >= 0.3 is 0 Å². The lowest BCUT2D eigenvalue weighted by Crippen LogP contribution is -2.30. The Morgan fingerprint density at radius 1 is 1.44 bits per heavy atom. The van der Waals surface area contributed by atoms with Crippen LogP contribution in [0.5, 0.6) is 0 Å². The SMILES string of the molecule is CC(O)CNS(=O)(=O)c1ccc(Cl)cc1Cl. The maximum Gasteiger partial charge on any atom is 0.242 e. The van der Waals surface area contributed by atoms with Gasteiger partial charge in [0, 0.05) is 11.6 Å². The largest absolute Gasteiger partial charge is 0.392 e. The Bertz CT molecular complexity index is 474. The molecule has 1 aromatic rings. The molecule has 0 fully saturated rings. The maximum absolute atomic E-state index is 11.7. The van der Waals surface area contributed by atoms with E-state index in [0.717, 1.165) is 0 Å². The van der Waals surface area contributed by atoms with Crippen molar-refractivity contribution >= 4 is 33.2 Å². The van der Waals surface area contributed by atoms with E-state index in [2.05, 4.69) is 4.72 Å². The predicted molar refractivity (Wildman–Crippen MR) is 63.3 cm³/mol. The Hall–Kier alpha value is -0.330. The Balaban J connectivity index is 2.99. The van der Waals surface area contributed by atoms with Crippen molar-refractivity contribution in [3.05, 3.63) is 28.2 Å². The number of nitrogens with one attached hydrogen (secondary N) is 1. The smallest absolute Gasteiger partial charge is 0.242 e. The van der Waals surface area contributed by atoms with Crippen LogP contribution in [0, 0.1) is 0 Å². The zero-order valence-electron chi connectivity index (χ0n) is 8.44. The van der Waals surface area contributed by atoms with Gasteiger partial charge in [-0.1, -0.05) is 23.2 Å². The highest BCUT2D eigenvalue weighted by Crippen LogP contribution is 2.24. The number of halogens is 2. The first kappa shape index (κ1) is 13.7. The molecule has 7 heteroatoms. The molecule has 0 radical (unpaired) electrons. The summed E-state index contributed by atoms with van der Waals surface area (Å²) in [5.74, 6) is 0. The molecular weight excluding hydrogens is 273 g/mol. The summed E-state index contributed by atoms with van der Waals surface area (Å²) in [6.07, 6.45) is -0.763. The summed E-state index contributed by atoms with van der Waals surface area (Å²) in [7, 11) is -3.70. The van der Waals surface area contributed by atoms with Crippen LogP contribution in [0.3, 0.4) is 0 Å². The van der Waals surface area contributed by atoms with Gasteiger partial charge in [0.1, 0.15) is 4.90 Å². The van der Waals surface area contributed by atoms with E-state index in [9.17, 15) is 8.42 Å². The molecule has 1 aromatic carbocycles. The number of aliphatic hydroxyl groups is 1. The van der Waals surface area contributed by atoms with Crippen LogP contribution < -0.4 is 4.72 Å². The topological polar surface area (TPSA) is 66.4 Å². The second-order valence-electron chi connectivity index (χ2n) is 3.28. The van der Waals surface area contributed by atoms with Gasteiger partial charge in [0.25, 0.3) is 0 Å². The van der Waals surface area contributed by atoms with Crippen LogP contribution in [0.15, 0.2) is 23.1 Å². The van der Waals surface area contributed by atoms with Crippen LogP contribution in [-0.2, 0) is 10.0 Å². The second-order valence-corrected chi connectivity index (χ2v) is 5.85. The summed E-state index contributed by atoms with van der Waals surface area (Å²) in [6.45, 7) is 1.41. The van der Waals surface area contributed by atoms with Gasteiger partial charge < -0.3 is 5.11 Å². The van der Waals surface area contributed by atoms with Crippen molar-refractivity contribution in [3.8, 4) is 0 Å². The van der Waals surface area contributed by atoms with Gasteiger partial charge in [-0.3, -0.25) is 0 Å². The van der Waals surface area contributed by atoms with Gasteiger partial charge in [-0.25, -0.2) is 13.1 Å². The summed E-state index contributed by atoms with van der Waals surface area (Å²) in [5.41, 5.74) is 0. The normalized spacial score (nSPS) is 13.8. The molecule has 90 valence electrons. The zero-order valence-corrected chi connectivity index (χ0v) is 10.8. The third-order valence-electron chi connectivity index (χ3n) is 1.75. The van der Waals surface area contributed by atoms with Crippen LogP contribution in [0.25, 0.3) is 0 Å². The lowest BCUT2D eigenvalue weighted by atomic mass is 10.4. The van der Waals surface area contributed by atoms with Crippen LogP contribution in [-0.4, -0.2) is 26.2 Å². The molecule has 16 heavy (non-hydrogen) atoms. The molecule has 0 saturated heterocycles. The molecule has 0 bridgehead atoms. The standard InChI is InChI=1S/C9H11Cl2NO3S/c1-6(13)5-12-16(14,15)9-3-2-7(10)4-8(9)11/h2-4,6,12-13H,5H2,1H3. The first-order chi connectivity index (χ1) is 7.33. The van der Waals surface area contributed by atoms with Crippen molar-refractivity contribution in [2.24, 2.45) is 0 Å². The molecule has 0 aliphatic carbocycles. The van der Waals surface area contributed by atoms with Crippen molar-refractivity contribution in [2.45, 2.75) is 17.9 Å². The number of benzene rings is 1. The van der Waals surface area contributed by atoms with Crippen LogP contribution in [0.2, 0.25) is 10.0 Å². The minimum atomic E-state index is -3.70. The fourth-order valence-corrected chi connectivity index (χ4v) is 2.89. The first-order valence-electron chi connectivity index (χ1n) is 4.45. The monoisotopic (exact) mass is 283 g/mol. The summed E-state index contributed by atoms with van der Waals surface area (Å²) < 4.78 is 25.7. The van der Waals surface area contributed by atoms with E-state index in [1.165, 1.54) is 25.1 Å². The van der Waals surface area contributed by atoms with Gasteiger partial charge in [-0.15, -0.1) is 0 Å². The Labute approximate surface area is 104 Å². The second kappa shape index (κ2) is 5.33. The van der Waals surface area contributed by atoms with Crippen LogP contribution >= 0.6 is 23.2 Å². The summed E-state index contributed by atoms with van der Waals surface area (Å²) in [5, 5.41) is 9.40. The number of aliphatic hydroxyl groups excluding tert-OH is 1. The fourth-order valence-electron chi connectivity index (χ4n) is 1.00. The first-order valence-corrected chi connectivity index (χ1v) is 6.69. The van der Waals surface area contributed by atoms with Crippen molar-refractivity contribution < 1.29 is 13.5 Å². The van der Waals surface area contributed by atoms with Gasteiger partial charge in [0.05, 0.1) is 11.1 Å². The Kier molecular flexibility index (Phi) is 4.58. The van der Waals surface area contributed by atoms with Gasteiger partial charge in [-0.05, 0) is 25.1 Å². The maximum atomic E-state index is 11.7. The highest BCUT2D eigenvalue weighted by atomic mass is 35.5. The van der Waals surface area contributed by atoms with Crippen LogP contribution in [0.4, 0.5) is 0 Å². The molecule has 0 aromatic heterocycles. The van der Waals surface area contributed by atoms with Crippen molar-refractivity contribution in [2.75, 3.05) is 6.54 Å². The van der Waals surface area contributed by atoms with E-state index in [4.69, 9.17) is 28.3 Å². The van der Waals surface area contributed by atoms with Crippen molar-refractivity contribution in [1.82, 2.24) is 4.72 Å². The average molecular weight is 284 g/mol. The minimum absolute atomic E-state index is 0.0468. The van der Waals surface area contributed by atoms with E-state index < -0.39 is 16.1 Å². The molecule has 0 amide bonds. The summed E-state index contributed by atoms with van der Waals surface area (Å²) in [4.78, 5) is -0.0563. The highest BCUT2D eigenvalue weighted by Gasteiger charge is 2.18. The molecule has 4 nitrogen and oxygen atoms in total. The average Bonchev–Trinajstić information content (AvgIpc) is 2.14. The Morgan fingerprint density at radius 3 is 2.56 bits per heavy atom. The lowest BCUT2D eigenvalue weighted by Gasteiger charge is -2.09. The van der Waals surface area contributed by atoms with Gasteiger partial charge in [0.15, 0.2) is 0 Å². The third-order valence-corrected chi connectivity index (χ3v) is 3.89. The molecular formula is C9H11Cl2NO3S. The quantitative estimate of drug-likeness (QED) is 0.883. The minimum Gasteiger partial charge on any atom is -0.392 e. The number of hydrogen-bond acceptors (Lipinski definition) is 3. The number of rotatable bonds is 4. The fraction of sp³-hybridized carbons (Fsp3) is 0.333. The molecule has 0 aliphatic rings. The highest BCUT2D eigenvalue weighted by molar-refractivity contribution is 7.89. The molecule has 1 rings (SSSR count). The lowest BCUT2D eigenvalue weighted by molar-refractivity contribution is 0.198. The molecule has 0 saturated carbocycles. The van der Waals surface area contributed by atoms with E-state index in [1.54, 1.807) is 0 Å². The van der Waals surface area contributed by atoms with E-state index in [1.807, 2.05) is 0 Å². The summed E-state index contributed by atoms with van der Waals surface area (Å²) >= 11 is 11.4.